The van der Waals surface area contributed by atoms with Gasteiger partial charge in [-0.05, 0) is 18.2 Å². The minimum absolute atomic E-state index is 0.287. The standard InChI is InChI=1S/C26H29N5O4S/c1-33-22-12-17(13-23(34-2)24(22)35-3)25(32)28-20-7-5-4-6-19(20)21-15-31-18(16-36-26(31)29-21)14-30-10-8-27-9-11-30/h4-7,12-13,15-16,27H,8-11,14H2,1-3H3,(H,28,32)/i1D3,2D3,3D3. The molecule has 2 aromatic carbocycles. The van der Waals surface area contributed by atoms with Crippen molar-refractivity contribution < 1.29 is 31.3 Å². The van der Waals surface area contributed by atoms with Crippen LogP contribution in [0.3, 0.4) is 0 Å². The summed E-state index contributed by atoms with van der Waals surface area (Å²) in [6, 6.07) is 8.78. The number of thiazole rings is 1. The quantitative estimate of drug-likeness (QED) is 0.369. The van der Waals surface area contributed by atoms with Gasteiger partial charge >= 0.3 is 0 Å². The van der Waals surface area contributed by atoms with E-state index in [-0.39, 0.29) is 5.56 Å². The van der Waals surface area contributed by atoms with Crippen LogP contribution in [0.4, 0.5) is 5.69 Å². The molecule has 0 aliphatic carbocycles. The summed E-state index contributed by atoms with van der Waals surface area (Å²) < 4.78 is 84.1. The molecule has 10 heteroatoms. The number of benzene rings is 2. The molecule has 188 valence electrons. The maximum absolute atomic E-state index is 13.5. The Morgan fingerprint density at radius 1 is 1.14 bits per heavy atom. The first-order valence-electron chi connectivity index (χ1n) is 15.6. The van der Waals surface area contributed by atoms with E-state index in [1.165, 1.54) is 11.3 Å². The molecular weight excluding hydrogens is 478 g/mol. The molecule has 2 N–H and O–H groups in total. The zero-order chi connectivity index (χ0) is 32.6. The summed E-state index contributed by atoms with van der Waals surface area (Å²) in [5.74, 6) is -3.06. The largest absolute Gasteiger partial charge is 0.493 e. The third-order valence-corrected chi connectivity index (χ3v) is 6.82. The highest BCUT2D eigenvalue weighted by molar-refractivity contribution is 7.15. The molecule has 1 aliphatic heterocycles. The topological polar surface area (TPSA) is 89.4 Å². The van der Waals surface area contributed by atoms with Gasteiger partial charge in [0.05, 0.1) is 44.8 Å². The molecule has 0 bridgehead atoms. The molecule has 4 aromatic rings. The van der Waals surface area contributed by atoms with Gasteiger partial charge in [0.15, 0.2) is 16.5 Å². The maximum atomic E-state index is 13.5. The highest BCUT2D eigenvalue weighted by Gasteiger charge is 2.20. The number of hydrogen-bond donors (Lipinski definition) is 2. The molecule has 0 radical (unpaired) electrons. The zero-order valence-corrected chi connectivity index (χ0v) is 19.9. The number of nitrogens with one attached hydrogen (secondary N) is 2. The third-order valence-electron chi connectivity index (χ3n) is 5.93. The molecule has 1 saturated heterocycles. The van der Waals surface area contributed by atoms with E-state index in [1.54, 1.807) is 24.3 Å². The molecule has 5 rings (SSSR count). The lowest BCUT2D eigenvalue weighted by atomic mass is 10.1. The Morgan fingerprint density at radius 3 is 2.64 bits per heavy atom. The Morgan fingerprint density at radius 2 is 1.89 bits per heavy atom. The average Bonchev–Trinajstić information content (AvgIpc) is 3.51. The van der Waals surface area contributed by atoms with Crippen LogP contribution in [0.1, 0.15) is 28.4 Å². The third kappa shape index (κ3) is 4.75. The predicted molar refractivity (Wildman–Crippen MR) is 141 cm³/mol. The van der Waals surface area contributed by atoms with Gasteiger partial charge < -0.3 is 24.8 Å². The molecule has 36 heavy (non-hydrogen) atoms. The number of amides is 1. The van der Waals surface area contributed by atoms with E-state index in [0.29, 0.717) is 16.9 Å². The molecule has 1 fully saturated rings. The van der Waals surface area contributed by atoms with Gasteiger partial charge in [-0.3, -0.25) is 14.1 Å². The summed E-state index contributed by atoms with van der Waals surface area (Å²) in [7, 11) is -9.35. The van der Waals surface area contributed by atoms with Crippen LogP contribution in [0.5, 0.6) is 17.2 Å². The van der Waals surface area contributed by atoms with Crippen molar-refractivity contribution in [2.75, 3.05) is 52.6 Å². The first-order valence-corrected chi connectivity index (χ1v) is 12.0. The summed E-state index contributed by atoms with van der Waals surface area (Å²) in [6.07, 6.45) is 1.89. The molecule has 2 aromatic heterocycles. The Balaban J connectivity index is 1.48. The van der Waals surface area contributed by atoms with E-state index in [4.69, 9.17) is 31.5 Å². The molecule has 0 saturated carbocycles. The van der Waals surface area contributed by atoms with Crippen molar-refractivity contribution in [2.45, 2.75) is 6.54 Å². The Labute approximate surface area is 226 Å². The number of hydrogen-bond acceptors (Lipinski definition) is 8. The number of aromatic nitrogens is 2. The van der Waals surface area contributed by atoms with Gasteiger partial charge in [0.2, 0.25) is 5.75 Å². The molecule has 9 nitrogen and oxygen atoms in total. The summed E-state index contributed by atoms with van der Waals surface area (Å²) >= 11 is 1.50. The number of nitrogens with zero attached hydrogens (tertiary/aromatic N) is 3. The van der Waals surface area contributed by atoms with Gasteiger partial charge in [-0.25, -0.2) is 4.98 Å². The van der Waals surface area contributed by atoms with Gasteiger partial charge in [0.1, 0.15) is 0 Å². The van der Waals surface area contributed by atoms with Gasteiger partial charge in [0.25, 0.3) is 5.91 Å². The minimum Gasteiger partial charge on any atom is -0.493 e. The summed E-state index contributed by atoms with van der Waals surface area (Å²) in [5, 5.41) is 8.16. The van der Waals surface area contributed by atoms with Crippen molar-refractivity contribution in [3.63, 3.8) is 0 Å². The number of para-hydroxylation sites is 1. The lowest BCUT2D eigenvalue weighted by molar-refractivity contribution is 0.102. The van der Waals surface area contributed by atoms with E-state index in [2.05, 4.69) is 20.9 Å². The number of carbonyl (C=O) groups is 1. The molecular formula is C26H29N5O4S. The zero-order valence-electron chi connectivity index (χ0n) is 28.0. The van der Waals surface area contributed by atoms with E-state index in [9.17, 15) is 4.79 Å². The van der Waals surface area contributed by atoms with E-state index < -0.39 is 44.3 Å². The van der Waals surface area contributed by atoms with E-state index in [1.807, 2.05) is 10.6 Å². The summed E-state index contributed by atoms with van der Waals surface area (Å²) in [5.41, 5.74) is 2.34. The SMILES string of the molecule is [2H]C([2H])([2H])Oc1cc(C(=O)Nc2ccccc2-c2cn3c(CN4CCNCC4)csc3n2)cc(OC([2H])([2H])[2H])c1OC([2H])([2H])[2H]. The maximum Gasteiger partial charge on any atom is 0.255 e. The van der Waals surface area contributed by atoms with Crippen LogP contribution >= 0.6 is 11.3 Å². The Kier molecular flexibility index (Phi) is 4.55. The van der Waals surface area contributed by atoms with Crippen LogP contribution in [0.15, 0.2) is 48.0 Å². The van der Waals surface area contributed by atoms with Crippen LogP contribution in [0.2, 0.25) is 0 Å². The van der Waals surface area contributed by atoms with Crippen molar-refractivity contribution in [3.8, 4) is 28.5 Å². The fraction of sp³-hybridized carbons (Fsp3) is 0.308. The fourth-order valence-electron chi connectivity index (χ4n) is 4.14. The second-order valence-electron chi connectivity index (χ2n) is 8.14. The number of carbonyl (C=O) groups excluding carboxylic acids is 1. The van der Waals surface area contributed by atoms with Gasteiger partial charge in [-0.2, -0.15) is 0 Å². The second kappa shape index (κ2) is 10.6. The van der Waals surface area contributed by atoms with Gasteiger partial charge in [-0.15, -0.1) is 11.3 Å². The summed E-state index contributed by atoms with van der Waals surface area (Å²) in [6.45, 7) is 4.50. The van der Waals surface area contributed by atoms with Crippen molar-refractivity contribution in [2.24, 2.45) is 0 Å². The van der Waals surface area contributed by atoms with Crippen LogP contribution in [0.25, 0.3) is 16.2 Å². The number of imidazole rings is 1. The first-order chi connectivity index (χ1) is 21.0. The van der Waals surface area contributed by atoms with Crippen molar-refractivity contribution in [1.29, 1.82) is 0 Å². The van der Waals surface area contributed by atoms with Crippen LogP contribution < -0.4 is 24.8 Å². The lowest BCUT2D eigenvalue weighted by Crippen LogP contribution is -2.43. The number of rotatable bonds is 8. The number of fused-ring (bicyclic) bond motifs is 1. The number of ether oxygens (including phenoxy) is 3. The highest BCUT2D eigenvalue weighted by atomic mass is 32.1. The van der Waals surface area contributed by atoms with Gasteiger partial charge in [-0.1, -0.05) is 18.2 Å². The minimum atomic E-state index is -3.13. The molecule has 0 unspecified atom stereocenters. The fourth-order valence-corrected chi connectivity index (χ4v) is 5.01. The number of piperazine rings is 1. The Hall–Kier alpha value is -3.60. The molecule has 0 spiro atoms. The van der Waals surface area contributed by atoms with Crippen molar-refractivity contribution in [3.05, 3.63) is 59.2 Å². The van der Waals surface area contributed by atoms with Crippen LogP contribution in [-0.2, 0) is 6.54 Å². The van der Waals surface area contributed by atoms with Gasteiger partial charge in [0, 0.05) is 61.1 Å². The molecule has 1 aliphatic rings. The Bertz CT molecular complexity index is 1640. The van der Waals surface area contributed by atoms with E-state index in [0.717, 1.165) is 55.5 Å². The highest BCUT2D eigenvalue weighted by Crippen LogP contribution is 2.38. The number of methoxy groups -OCH3 is 3. The van der Waals surface area contributed by atoms with Crippen molar-refractivity contribution >= 4 is 27.9 Å². The predicted octanol–water partition coefficient (Wildman–Crippen LogP) is 3.75. The number of anilines is 1. The normalized spacial score (nSPS) is 18.8. The lowest BCUT2D eigenvalue weighted by Gasteiger charge is -2.26. The second-order valence-corrected chi connectivity index (χ2v) is 8.98. The average molecular weight is 517 g/mol. The molecule has 0 atom stereocenters. The smallest absolute Gasteiger partial charge is 0.255 e. The first kappa shape index (κ1) is 15.5. The molecule has 1 amide bonds. The molecule has 3 heterocycles. The van der Waals surface area contributed by atoms with E-state index >= 15 is 0 Å². The monoisotopic (exact) mass is 516 g/mol. The van der Waals surface area contributed by atoms with Crippen molar-refractivity contribution in [1.82, 2.24) is 19.6 Å². The summed E-state index contributed by atoms with van der Waals surface area (Å²) in [4.78, 5) is 21.4. The van der Waals surface area contributed by atoms with Crippen LogP contribution in [-0.4, -0.2) is 67.5 Å². The van der Waals surface area contributed by atoms with Crippen LogP contribution in [0, 0.1) is 0 Å².